The third-order valence-corrected chi connectivity index (χ3v) is 0. The molecule has 0 fully saturated rings. The summed E-state index contributed by atoms with van der Waals surface area (Å²) in [6.07, 6.45) is 2.99. The topological polar surface area (TPSA) is 109 Å². The molecular weight excluding hydrogens is 148 g/mol. The van der Waals surface area contributed by atoms with Gasteiger partial charge >= 0.3 is 0 Å². The lowest BCUT2D eigenvalue weighted by atomic mass is 11.9. The molecular formula is C2H8N2O4S. The van der Waals surface area contributed by atoms with E-state index < -0.39 is 14.8 Å². The summed E-state index contributed by atoms with van der Waals surface area (Å²) < 4.78 is 14.8. The largest absolute Gasteiger partial charge is 0.356 e. The fourth-order valence-corrected chi connectivity index (χ4v) is 0. The van der Waals surface area contributed by atoms with Crippen molar-refractivity contribution in [3.8, 4) is 0 Å². The molecule has 0 bridgehead atoms. The highest BCUT2D eigenvalue weighted by atomic mass is 32.2. The first-order valence-electron chi connectivity index (χ1n) is 1.77. The van der Waals surface area contributed by atoms with Gasteiger partial charge in [-0.2, -0.15) is 0 Å². The van der Waals surface area contributed by atoms with Gasteiger partial charge in [-0.3, -0.25) is 0 Å². The standard InChI is InChI=1S/C2H7NOS.NO3/c1-5(2,3)4;2-1(3)4/h3H,1-2H3;/q;-1/p+1. The summed E-state index contributed by atoms with van der Waals surface area (Å²) in [5, 5.41) is 14.8. The monoisotopic (exact) mass is 156 g/mol. The van der Waals surface area contributed by atoms with Crippen LogP contribution >= 0.6 is 0 Å². The summed E-state index contributed by atoms with van der Waals surface area (Å²) in [7, 11) is -1.92. The molecule has 0 saturated heterocycles. The molecule has 0 rings (SSSR count). The molecule has 0 radical (unpaired) electrons. The second kappa shape index (κ2) is 4.07. The smallest absolute Gasteiger partial charge is 0.144 e. The number of rotatable bonds is 0. The Morgan fingerprint density at radius 3 is 1.44 bits per heavy atom. The van der Waals surface area contributed by atoms with Gasteiger partial charge in [-0.1, -0.05) is 0 Å². The first kappa shape index (κ1) is 11.0. The molecule has 0 amide bonds. The molecule has 0 saturated carbocycles. The quantitative estimate of drug-likeness (QED) is 0.330. The maximum absolute atomic E-state index is 9.97. The summed E-state index contributed by atoms with van der Waals surface area (Å²) in [5.41, 5.74) is 0. The highest BCUT2D eigenvalue weighted by Gasteiger charge is 1.80. The molecule has 2 N–H and O–H groups in total. The normalized spacial score (nSPS) is 9.11. The van der Waals surface area contributed by atoms with E-state index in [-0.39, 0.29) is 0 Å². The minimum Gasteiger partial charge on any atom is -0.356 e. The highest BCUT2D eigenvalue weighted by Crippen LogP contribution is 1.55. The van der Waals surface area contributed by atoms with E-state index >= 15 is 0 Å². The first-order valence-corrected chi connectivity index (χ1v) is 4.20. The van der Waals surface area contributed by atoms with Crippen molar-refractivity contribution in [1.29, 1.82) is 0 Å². The lowest BCUT2D eigenvalue weighted by Crippen LogP contribution is -2.37. The fourth-order valence-electron chi connectivity index (χ4n) is 0. The van der Waals surface area contributed by atoms with E-state index in [1.807, 2.05) is 0 Å². The van der Waals surface area contributed by atoms with Crippen LogP contribution in [-0.2, 0) is 9.73 Å². The molecule has 0 aromatic heterocycles. The van der Waals surface area contributed by atoms with Crippen LogP contribution in [0.1, 0.15) is 0 Å². The summed E-state index contributed by atoms with van der Waals surface area (Å²) in [4.78, 5) is 8.25. The lowest BCUT2D eigenvalue weighted by molar-refractivity contribution is -0.402. The van der Waals surface area contributed by atoms with Crippen LogP contribution in [0.15, 0.2) is 0 Å². The Hall–Kier alpha value is -0.850. The van der Waals surface area contributed by atoms with Gasteiger partial charge in [0.2, 0.25) is 0 Å². The molecule has 0 aliphatic heterocycles. The minimum atomic E-state index is -1.92. The zero-order valence-corrected chi connectivity index (χ0v) is 5.88. The summed E-state index contributed by atoms with van der Waals surface area (Å²) >= 11 is 0. The van der Waals surface area contributed by atoms with Gasteiger partial charge in [0.1, 0.15) is 9.73 Å². The van der Waals surface area contributed by atoms with Gasteiger partial charge in [0.15, 0.2) is 0 Å². The van der Waals surface area contributed by atoms with Crippen LogP contribution in [-0.4, -0.2) is 21.8 Å². The van der Waals surface area contributed by atoms with Crippen molar-refractivity contribution in [3.63, 3.8) is 0 Å². The van der Waals surface area contributed by atoms with Crippen LogP contribution in [0, 0.1) is 15.3 Å². The molecule has 0 heterocycles. The van der Waals surface area contributed by atoms with Gasteiger partial charge in [0.25, 0.3) is 0 Å². The lowest BCUT2D eigenvalue weighted by Gasteiger charge is -1.74. The SMILES string of the molecule is CS(C)(=[NH2+])=O.O=[N+]([O-])[O-]. The molecule has 0 spiro atoms. The van der Waals surface area contributed by atoms with Gasteiger partial charge in [0, 0.05) is 0 Å². The minimum absolute atomic E-state index is 1.49. The van der Waals surface area contributed by atoms with Crippen molar-refractivity contribution in [2.75, 3.05) is 12.5 Å². The third kappa shape index (κ3) is 262. The van der Waals surface area contributed by atoms with E-state index in [1.165, 1.54) is 12.5 Å². The van der Waals surface area contributed by atoms with E-state index in [0.717, 1.165) is 0 Å². The molecule has 0 aromatic rings. The maximum Gasteiger partial charge on any atom is 0.144 e. The van der Waals surface area contributed by atoms with Gasteiger partial charge in [0.05, 0.1) is 17.6 Å². The van der Waals surface area contributed by atoms with Gasteiger partial charge < -0.3 is 15.3 Å². The number of nitrogens with zero attached hydrogens (tertiary/aromatic N) is 1. The van der Waals surface area contributed by atoms with Crippen LogP contribution < -0.4 is 4.78 Å². The molecule has 0 atom stereocenters. The van der Waals surface area contributed by atoms with Crippen LogP contribution in [0.2, 0.25) is 0 Å². The van der Waals surface area contributed by atoms with Gasteiger partial charge in [-0.05, 0) is 0 Å². The van der Waals surface area contributed by atoms with Crippen molar-refractivity contribution in [1.82, 2.24) is 0 Å². The predicted molar refractivity (Wildman–Crippen MR) is 32.3 cm³/mol. The van der Waals surface area contributed by atoms with Crippen LogP contribution in [0.25, 0.3) is 0 Å². The highest BCUT2D eigenvalue weighted by molar-refractivity contribution is 7.89. The molecule has 0 aliphatic carbocycles. The second-order valence-corrected chi connectivity index (χ2v) is 4.15. The Kier molecular flexibility index (Phi) is 4.98. The van der Waals surface area contributed by atoms with Crippen LogP contribution in [0.4, 0.5) is 0 Å². The van der Waals surface area contributed by atoms with Crippen LogP contribution in [0.5, 0.6) is 0 Å². The van der Waals surface area contributed by atoms with Crippen LogP contribution in [0.3, 0.4) is 0 Å². The van der Waals surface area contributed by atoms with E-state index in [1.54, 1.807) is 0 Å². The van der Waals surface area contributed by atoms with E-state index in [0.29, 0.717) is 0 Å². The molecule has 9 heavy (non-hydrogen) atoms. The third-order valence-electron chi connectivity index (χ3n) is 0. The molecule has 6 nitrogen and oxygen atoms in total. The second-order valence-electron chi connectivity index (χ2n) is 1.53. The Balaban J connectivity index is 0. The first-order chi connectivity index (χ1) is 3.73. The summed E-state index contributed by atoms with van der Waals surface area (Å²) in [6, 6.07) is 0. The Bertz CT molecular complexity index is 159. The zero-order valence-electron chi connectivity index (χ0n) is 5.07. The average Bonchev–Trinajstić information content (AvgIpc) is 1.19. The average molecular weight is 156 g/mol. The van der Waals surface area contributed by atoms with Crippen molar-refractivity contribution < 1.29 is 14.1 Å². The Labute approximate surface area is 52.6 Å². The van der Waals surface area contributed by atoms with Crippen molar-refractivity contribution >= 4 is 9.73 Å². The van der Waals surface area contributed by atoms with Gasteiger partial charge in [-0.25, -0.2) is 8.99 Å². The number of nitrogens with two attached hydrogens (primary N) is 1. The number of hydrogen-bond acceptors (Lipinski definition) is 4. The van der Waals surface area contributed by atoms with E-state index in [9.17, 15) is 4.21 Å². The van der Waals surface area contributed by atoms with Crippen molar-refractivity contribution in [2.45, 2.75) is 0 Å². The zero-order chi connectivity index (χ0) is 8.08. The van der Waals surface area contributed by atoms with E-state index in [4.69, 9.17) is 20.1 Å². The van der Waals surface area contributed by atoms with E-state index in [2.05, 4.69) is 0 Å². The van der Waals surface area contributed by atoms with Gasteiger partial charge in [-0.15, -0.1) is 0 Å². The molecule has 0 aliphatic rings. The Morgan fingerprint density at radius 2 is 1.44 bits per heavy atom. The summed E-state index contributed by atoms with van der Waals surface area (Å²) in [5.74, 6) is 0. The van der Waals surface area contributed by atoms with Crippen molar-refractivity contribution in [2.24, 2.45) is 0 Å². The summed E-state index contributed by atoms with van der Waals surface area (Å²) in [6.45, 7) is 0. The maximum atomic E-state index is 9.97. The molecule has 0 unspecified atom stereocenters. The molecule has 56 valence electrons. The number of hydrogen-bond donors (Lipinski definition) is 1. The predicted octanol–water partition coefficient (Wildman–Crippen LogP) is -1.77. The molecule has 7 heteroatoms. The Morgan fingerprint density at radius 1 is 1.44 bits per heavy atom. The fraction of sp³-hybridized carbons (Fsp3) is 1.00. The molecule has 0 aromatic carbocycles. The van der Waals surface area contributed by atoms with Crippen molar-refractivity contribution in [3.05, 3.63) is 15.3 Å².